The number of unbranched alkanes of at least 4 members (excludes halogenated alkanes) is 25. The Morgan fingerprint density at radius 1 is 0.308 bits per heavy atom. The fourth-order valence-corrected chi connectivity index (χ4v) is 5.25. The molecule has 306 valence electrons. The van der Waals surface area contributed by atoms with Crippen LogP contribution in [0.3, 0.4) is 0 Å². The minimum atomic E-state index is -0.284. The number of carbonyl (C=O) groups excluding carboxylic acids is 3. The van der Waals surface area contributed by atoms with E-state index in [9.17, 15) is 14.4 Å². The Morgan fingerprint density at radius 3 is 0.673 bits per heavy atom. The summed E-state index contributed by atoms with van der Waals surface area (Å²) < 4.78 is 14.9. The number of ether oxygens (including phenoxy) is 3. The summed E-state index contributed by atoms with van der Waals surface area (Å²) in [6.45, 7) is 23.8. The number of carbonyl (C=O) groups is 3. The summed E-state index contributed by atoms with van der Waals surface area (Å²) in [4.78, 5) is 33.0. The highest BCUT2D eigenvalue weighted by atomic mass is 16.5. The second kappa shape index (κ2) is 44.8. The smallest absolute Gasteiger partial charge is 0.333 e. The molecule has 0 fully saturated rings. The lowest BCUT2D eigenvalue weighted by Crippen LogP contribution is -2.05. The number of esters is 3. The summed E-state index contributed by atoms with van der Waals surface area (Å²) in [5.41, 5.74) is 1.45. The van der Waals surface area contributed by atoms with E-state index in [0.717, 1.165) is 25.7 Å². The van der Waals surface area contributed by atoms with Crippen LogP contribution in [0.1, 0.15) is 221 Å². The molecule has 0 aromatic heterocycles. The Kier molecular flexibility index (Phi) is 46.5. The molecule has 6 heteroatoms. The maximum Gasteiger partial charge on any atom is 0.333 e. The van der Waals surface area contributed by atoms with E-state index in [-0.39, 0.29) is 17.9 Å². The molecule has 0 radical (unpaired) electrons. The Balaban J connectivity index is -0.000000752. The second-order valence-corrected chi connectivity index (χ2v) is 14.6. The van der Waals surface area contributed by atoms with E-state index < -0.39 is 0 Å². The Bertz CT molecular complexity index is 861. The highest BCUT2D eigenvalue weighted by Crippen LogP contribution is 2.14. The Labute approximate surface area is 323 Å². The maximum absolute atomic E-state index is 11.2. The Hall–Kier alpha value is -2.37. The Morgan fingerprint density at radius 2 is 0.481 bits per heavy atom. The van der Waals surface area contributed by atoms with E-state index in [1.165, 1.54) is 154 Å². The lowest BCUT2D eigenvalue weighted by molar-refractivity contribution is -0.139. The van der Waals surface area contributed by atoms with Crippen LogP contribution in [-0.2, 0) is 28.6 Å². The molecule has 0 bridgehead atoms. The van der Waals surface area contributed by atoms with Gasteiger partial charge in [-0.15, -0.1) is 0 Å². The van der Waals surface area contributed by atoms with Crippen LogP contribution in [0.25, 0.3) is 0 Å². The van der Waals surface area contributed by atoms with Crippen molar-refractivity contribution in [2.75, 3.05) is 19.8 Å². The molecule has 0 unspecified atom stereocenters. The molecule has 0 aromatic carbocycles. The first-order valence-electron chi connectivity index (χ1n) is 21.5. The number of hydrogen-bond acceptors (Lipinski definition) is 6. The normalized spacial score (nSPS) is 10.3. The summed E-state index contributed by atoms with van der Waals surface area (Å²) >= 11 is 0. The summed E-state index contributed by atoms with van der Waals surface area (Å²) in [5.74, 6) is -0.796. The molecule has 0 rings (SSSR count). The molecule has 0 N–H and O–H groups in total. The third kappa shape index (κ3) is 47.6. The van der Waals surface area contributed by atoms with Gasteiger partial charge in [0.05, 0.1) is 19.8 Å². The van der Waals surface area contributed by atoms with Crippen molar-refractivity contribution in [3.05, 3.63) is 36.5 Å². The van der Waals surface area contributed by atoms with E-state index in [2.05, 4.69) is 40.5 Å². The van der Waals surface area contributed by atoms with Gasteiger partial charge in [-0.3, -0.25) is 0 Å². The average Bonchev–Trinajstić information content (AvgIpc) is 3.12. The van der Waals surface area contributed by atoms with Crippen molar-refractivity contribution < 1.29 is 28.6 Å². The van der Waals surface area contributed by atoms with Gasteiger partial charge in [-0.25, -0.2) is 14.4 Å². The van der Waals surface area contributed by atoms with Crippen LogP contribution in [0.15, 0.2) is 36.5 Å². The minimum absolute atomic E-state index is 0.254. The van der Waals surface area contributed by atoms with Crippen molar-refractivity contribution in [2.24, 2.45) is 0 Å². The van der Waals surface area contributed by atoms with Crippen molar-refractivity contribution in [1.29, 1.82) is 0 Å². The molecule has 0 aromatic rings. The standard InChI is InChI=1S/C22H42O2.C16H30O2.C8H14O2/c1-4-5-6-7-8-9-10-11-12-13-14-15-16-17-18-19-20-24-22(23)21(2)3;1-4-5-6-7-8-9-10-11-12-13-14-18-16(17)15(2)3;1-4-5-6-10-8(9)7(2)3/h2,4-20H2,1,3H3;2,4-14H2,1,3H3;2,4-6H2,1,3H3. The predicted octanol–water partition coefficient (Wildman–Crippen LogP) is 14.3. The van der Waals surface area contributed by atoms with Crippen molar-refractivity contribution >= 4 is 17.9 Å². The first-order valence-corrected chi connectivity index (χ1v) is 21.5. The minimum Gasteiger partial charge on any atom is -0.462 e. The van der Waals surface area contributed by atoms with Gasteiger partial charge in [0, 0.05) is 16.7 Å². The lowest BCUT2D eigenvalue weighted by Gasteiger charge is -2.05. The van der Waals surface area contributed by atoms with Crippen LogP contribution in [0.5, 0.6) is 0 Å². The molecule has 0 aliphatic rings. The fourth-order valence-electron chi connectivity index (χ4n) is 5.25. The molecule has 52 heavy (non-hydrogen) atoms. The molecule has 0 atom stereocenters. The van der Waals surface area contributed by atoms with Crippen LogP contribution in [-0.4, -0.2) is 37.7 Å². The van der Waals surface area contributed by atoms with Crippen LogP contribution in [0.2, 0.25) is 0 Å². The van der Waals surface area contributed by atoms with Crippen LogP contribution < -0.4 is 0 Å². The molecule has 0 spiro atoms. The third-order valence-corrected chi connectivity index (χ3v) is 8.74. The number of hydrogen-bond donors (Lipinski definition) is 0. The van der Waals surface area contributed by atoms with E-state index in [1.54, 1.807) is 20.8 Å². The van der Waals surface area contributed by atoms with Gasteiger partial charge in [0.2, 0.25) is 0 Å². The summed E-state index contributed by atoms with van der Waals surface area (Å²) in [5, 5.41) is 0. The zero-order chi connectivity index (χ0) is 39.5. The predicted molar refractivity (Wildman–Crippen MR) is 224 cm³/mol. The van der Waals surface area contributed by atoms with Gasteiger partial charge in [0.25, 0.3) is 0 Å². The van der Waals surface area contributed by atoms with Gasteiger partial charge >= 0.3 is 17.9 Å². The molecule has 0 aliphatic carbocycles. The van der Waals surface area contributed by atoms with Gasteiger partial charge in [-0.1, -0.05) is 201 Å². The summed E-state index contributed by atoms with van der Waals surface area (Å²) in [6.07, 6.45) is 36.7. The molecular formula is C46H86O6. The fraction of sp³-hybridized carbons (Fsp3) is 0.804. The SMILES string of the molecule is C=C(C)C(=O)OCCCC.C=C(C)C(=O)OCCCCCCCCCCCC.C=C(C)C(=O)OCCCCCCCCCCCCCCCCCC. The first kappa shape index (κ1) is 54.0. The van der Waals surface area contributed by atoms with E-state index in [4.69, 9.17) is 14.2 Å². The topological polar surface area (TPSA) is 78.9 Å². The lowest BCUT2D eigenvalue weighted by atomic mass is 10.0. The zero-order valence-electron chi connectivity index (χ0n) is 35.5. The quantitative estimate of drug-likeness (QED) is 0.0283. The monoisotopic (exact) mass is 735 g/mol. The van der Waals surface area contributed by atoms with Gasteiger partial charge in [-0.2, -0.15) is 0 Å². The van der Waals surface area contributed by atoms with Crippen molar-refractivity contribution in [3.63, 3.8) is 0 Å². The third-order valence-electron chi connectivity index (χ3n) is 8.74. The van der Waals surface area contributed by atoms with Gasteiger partial charge in [-0.05, 0) is 40.0 Å². The molecular weight excluding hydrogens is 649 g/mol. The van der Waals surface area contributed by atoms with E-state index >= 15 is 0 Å². The van der Waals surface area contributed by atoms with Crippen LogP contribution in [0, 0.1) is 0 Å². The molecule has 0 aliphatic heterocycles. The van der Waals surface area contributed by atoms with Gasteiger partial charge in [0.15, 0.2) is 0 Å². The largest absolute Gasteiger partial charge is 0.462 e. The second-order valence-electron chi connectivity index (χ2n) is 14.6. The van der Waals surface area contributed by atoms with Gasteiger partial charge in [0.1, 0.15) is 0 Å². The van der Waals surface area contributed by atoms with Gasteiger partial charge < -0.3 is 14.2 Å². The van der Waals surface area contributed by atoms with Crippen molar-refractivity contribution in [3.8, 4) is 0 Å². The molecule has 0 saturated heterocycles. The molecule has 6 nitrogen and oxygen atoms in total. The van der Waals surface area contributed by atoms with E-state index in [1.807, 2.05) is 0 Å². The average molecular weight is 735 g/mol. The maximum atomic E-state index is 11.2. The molecule has 0 heterocycles. The van der Waals surface area contributed by atoms with E-state index in [0.29, 0.717) is 36.5 Å². The summed E-state index contributed by atoms with van der Waals surface area (Å²) in [7, 11) is 0. The van der Waals surface area contributed by atoms with Crippen LogP contribution in [0.4, 0.5) is 0 Å². The van der Waals surface area contributed by atoms with Crippen molar-refractivity contribution in [2.45, 2.75) is 221 Å². The van der Waals surface area contributed by atoms with Crippen LogP contribution >= 0.6 is 0 Å². The van der Waals surface area contributed by atoms with Crippen molar-refractivity contribution in [1.82, 2.24) is 0 Å². The first-order chi connectivity index (χ1) is 25.0. The highest BCUT2D eigenvalue weighted by molar-refractivity contribution is 5.87. The molecule has 0 amide bonds. The summed E-state index contributed by atoms with van der Waals surface area (Å²) in [6, 6.07) is 0. The molecule has 0 saturated carbocycles. The zero-order valence-corrected chi connectivity index (χ0v) is 35.5. The highest BCUT2D eigenvalue weighted by Gasteiger charge is 2.03. The number of rotatable bonds is 34.